The standard InChI is InChI=1S/C4H11O3P.4C4H9.2ClH.H3O4P.2Sn/c1-3-6-8(5)7-4-2;4*1-3-4-2;;;1-5(2,3)4;;/h5H,3-4H2,1-2H3;4*1,3-4H2,2H3;2*1H;(H3,1,2,3,4);;/q;;;;;;;;2*+2/p-4. The molecule has 0 aliphatic heterocycles. The second-order valence-electron chi connectivity index (χ2n) is 6.99. The van der Waals surface area contributed by atoms with Crippen molar-refractivity contribution in [3.63, 3.8) is 0 Å². The van der Waals surface area contributed by atoms with Gasteiger partial charge in [0.15, 0.2) is 0 Å². The molecule has 0 amide bonds. The predicted octanol–water partition coefficient (Wildman–Crippen LogP) is 6.72. The van der Waals surface area contributed by atoms with Crippen LogP contribution >= 0.6 is 34.3 Å². The summed E-state index contributed by atoms with van der Waals surface area (Å²) >= 11 is -2.54. The first-order valence-electron chi connectivity index (χ1n) is 11.9. The number of unbranched alkanes of at least 4 members (excludes halogenated alkanes) is 4. The molecule has 0 aliphatic rings. The predicted molar refractivity (Wildman–Crippen MR) is 144 cm³/mol. The van der Waals surface area contributed by atoms with Crippen LogP contribution in [0.2, 0.25) is 17.7 Å². The summed E-state index contributed by atoms with van der Waals surface area (Å²) < 4.78 is 23.6. The molecular weight excluding hydrogens is 722 g/mol. The molecule has 0 saturated heterocycles. The van der Waals surface area contributed by atoms with Gasteiger partial charge in [-0.2, -0.15) is 0 Å². The molecule has 0 aromatic heterocycles. The van der Waals surface area contributed by atoms with Gasteiger partial charge in [-0.05, 0) is 13.8 Å². The van der Waals surface area contributed by atoms with E-state index in [2.05, 4.69) is 36.7 Å². The molecule has 7 nitrogen and oxygen atoms in total. The molecule has 2 N–H and O–H groups in total. The molecule has 202 valence electrons. The second kappa shape index (κ2) is 34.6. The maximum atomic E-state index is 8.67. The summed E-state index contributed by atoms with van der Waals surface area (Å²) in [5.74, 6) is 0. The van der Waals surface area contributed by atoms with Crippen molar-refractivity contribution in [1.29, 1.82) is 0 Å². The van der Waals surface area contributed by atoms with E-state index in [1.807, 2.05) is 13.8 Å². The van der Waals surface area contributed by atoms with Crippen LogP contribution in [0.5, 0.6) is 0 Å². The van der Waals surface area contributed by atoms with Gasteiger partial charge in [0.25, 0.3) is 0 Å². The number of halogens is 2. The summed E-state index contributed by atoms with van der Waals surface area (Å²) in [5, 5.41) is 0. The Balaban J connectivity index is -0.000000175. The van der Waals surface area contributed by atoms with Gasteiger partial charge >= 0.3 is 161 Å². The third-order valence-electron chi connectivity index (χ3n) is 3.69. The summed E-state index contributed by atoms with van der Waals surface area (Å²) in [5.41, 5.74) is 0. The number of hydrogen-bond acceptors (Lipinski definition) is 6. The fourth-order valence-electron chi connectivity index (χ4n) is 1.98. The Labute approximate surface area is 226 Å². The molecule has 33 heavy (non-hydrogen) atoms. The number of hydrogen-bond donors (Lipinski definition) is 2. The largest absolute Gasteiger partial charge is 0.790 e. The Hall–Kier alpha value is 2.60. The first kappa shape index (κ1) is 42.7. The van der Waals surface area contributed by atoms with E-state index in [4.69, 9.17) is 42.0 Å². The van der Waals surface area contributed by atoms with E-state index in [1.54, 1.807) is 0 Å². The molecule has 0 aromatic carbocycles. The minimum Gasteiger partial charge on any atom is -0.790 e. The molecule has 13 heteroatoms. The maximum absolute atomic E-state index is 8.67. The van der Waals surface area contributed by atoms with E-state index in [-0.39, 0.29) is 0 Å². The van der Waals surface area contributed by atoms with Crippen molar-refractivity contribution < 1.29 is 33.2 Å². The molecule has 0 fully saturated rings. The smallest absolute Gasteiger partial charge is 0.329 e. The molecule has 0 spiro atoms. The fraction of sp³-hybridized carbons (Fsp3) is 1.00. The van der Waals surface area contributed by atoms with Crippen LogP contribution in [0.4, 0.5) is 0 Å². The van der Waals surface area contributed by atoms with Gasteiger partial charge in [-0.25, -0.2) is 0 Å². The average Bonchev–Trinajstić information content (AvgIpc) is 2.73. The molecule has 0 saturated carbocycles. The van der Waals surface area contributed by atoms with E-state index in [1.165, 1.54) is 69.1 Å². The van der Waals surface area contributed by atoms with Gasteiger partial charge in [-0.1, -0.05) is 0 Å². The van der Waals surface area contributed by atoms with Crippen LogP contribution in [0, 0.1) is 0 Å². The van der Waals surface area contributed by atoms with Crippen molar-refractivity contribution in [1.82, 2.24) is 0 Å². The quantitative estimate of drug-likeness (QED) is 0.132. The van der Waals surface area contributed by atoms with Gasteiger partial charge in [-0.15, -0.1) is 0 Å². The summed E-state index contributed by atoms with van der Waals surface area (Å²) in [6.45, 7) is 13.6. The van der Waals surface area contributed by atoms with Gasteiger partial charge in [0, 0.05) is 0 Å². The first-order chi connectivity index (χ1) is 15.4. The molecule has 0 bridgehead atoms. The van der Waals surface area contributed by atoms with E-state index in [9.17, 15) is 0 Å². The molecule has 0 radical (unpaired) electrons. The van der Waals surface area contributed by atoms with Crippen LogP contribution in [-0.4, -0.2) is 60.3 Å². The van der Waals surface area contributed by atoms with Crippen molar-refractivity contribution >= 4 is 71.5 Å². The van der Waals surface area contributed by atoms with E-state index in [0.717, 1.165) is 0 Å². The molecule has 0 heterocycles. The Morgan fingerprint density at radius 3 is 1.09 bits per heavy atom. The molecule has 0 aromatic rings. The Morgan fingerprint density at radius 1 is 0.727 bits per heavy atom. The SMILES string of the molecule is CCC[CH2][Sn+]([Cl])[CH2]CCC.CCC[CH2][Sn+]([Cl])[CH2]CCC.CCOP(O)OCC.O=P([O-])([O-])O. The Morgan fingerprint density at radius 2 is 0.939 bits per heavy atom. The summed E-state index contributed by atoms with van der Waals surface area (Å²) in [6.07, 6.45) is 10.8. The zero-order valence-corrected chi connectivity index (χ0v) is 30.5. The van der Waals surface area contributed by atoms with Crippen molar-refractivity contribution in [3.05, 3.63) is 0 Å². The van der Waals surface area contributed by atoms with Crippen LogP contribution < -0.4 is 9.79 Å². The average molecular weight is 771 g/mol. The molecule has 0 aliphatic carbocycles. The van der Waals surface area contributed by atoms with Crippen molar-refractivity contribution in [2.24, 2.45) is 0 Å². The summed E-state index contributed by atoms with van der Waals surface area (Å²) in [4.78, 5) is 33.0. The van der Waals surface area contributed by atoms with Crippen LogP contribution in [0.3, 0.4) is 0 Å². The number of phosphoric acid groups is 1. The van der Waals surface area contributed by atoms with Crippen LogP contribution in [-0.2, 0) is 13.6 Å². The van der Waals surface area contributed by atoms with E-state index in [0.29, 0.717) is 13.2 Å². The minimum absolute atomic E-state index is 0.502. The molecule has 0 rings (SSSR count). The normalized spacial score (nSPS) is 10.3. The molecule has 0 unspecified atom stereocenters. The Kier molecular flexibility index (Phi) is 44.7. The fourth-order valence-corrected chi connectivity index (χ4v) is 15.9. The van der Waals surface area contributed by atoms with Gasteiger partial charge in [0.1, 0.15) is 0 Å². The van der Waals surface area contributed by atoms with E-state index >= 15 is 0 Å². The van der Waals surface area contributed by atoms with Gasteiger partial charge < -0.3 is 33.2 Å². The zero-order valence-electron chi connectivity index (χ0n) is 21.5. The van der Waals surface area contributed by atoms with Crippen LogP contribution in [0.15, 0.2) is 0 Å². The third-order valence-corrected chi connectivity index (χ3v) is 19.9. The second-order valence-corrected chi connectivity index (χ2v) is 27.7. The third kappa shape index (κ3) is 60.8. The van der Waals surface area contributed by atoms with Gasteiger partial charge in [-0.3, -0.25) is 0 Å². The first-order valence-corrected chi connectivity index (χ1v) is 29.9. The van der Waals surface area contributed by atoms with Crippen LogP contribution in [0.25, 0.3) is 0 Å². The van der Waals surface area contributed by atoms with Gasteiger partial charge in [0.2, 0.25) is 0 Å². The van der Waals surface area contributed by atoms with E-state index < -0.39 is 53.7 Å². The topological polar surface area (TPSA) is 122 Å². The Bertz CT molecular complexity index is 353. The maximum Gasteiger partial charge on any atom is 0.329 e. The van der Waals surface area contributed by atoms with Crippen LogP contribution in [0.1, 0.15) is 92.9 Å². The van der Waals surface area contributed by atoms with Gasteiger partial charge in [0.05, 0.1) is 21.0 Å². The van der Waals surface area contributed by atoms with Crippen molar-refractivity contribution in [3.8, 4) is 0 Å². The minimum atomic E-state index is -5.14. The van der Waals surface area contributed by atoms with Crippen molar-refractivity contribution in [2.45, 2.75) is 111 Å². The van der Waals surface area contributed by atoms with Crippen molar-refractivity contribution in [2.75, 3.05) is 13.2 Å². The zero-order chi connectivity index (χ0) is 26.5. The molecular formula is C20H48Cl2O7P2Sn2. The number of rotatable bonds is 16. The monoisotopic (exact) mass is 772 g/mol. The summed E-state index contributed by atoms with van der Waals surface area (Å²) in [7, 11) is 5.75. The summed E-state index contributed by atoms with van der Waals surface area (Å²) in [6, 6.07) is 0. The molecule has 0 atom stereocenters.